The number of nitrogens with zero attached hydrogens (tertiary/aromatic N) is 1. The second-order valence-electron chi connectivity index (χ2n) is 4.04. The highest BCUT2D eigenvalue weighted by molar-refractivity contribution is 5.81. The summed E-state index contributed by atoms with van der Waals surface area (Å²) < 4.78 is 15.7. The molecule has 0 aliphatic rings. The van der Waals surface area contributed by atoms with Crippen molar-refractivity contribution in [2.75, 3.05) is 20.0 Å². The van der Waals surface area contributed by atoms with E-state index in [4.69, 9.17) is 19.7 Å². The number of methoxy groups -OCH3 is 2. The molecule has 0 aliphatic carbocycles. The highest BCUT2D eigenvalue weighted by atomic mass is 16.5. The standard InChI is InChI=1S/C13H16N2O3/c1-7-5-9(10-6-15-18-13(10)14)12(17-4)11(16-3)8(7)2/h5-6H,14H2,1-4H3. The monoisotopic (exact) mass is 248 g/mol. The van der Waals surface area contributed by atoms with Crippen LogP contribution in [-0.4, -0.2) is 19.4 Å². The summed E-state index contributed by atoms with van der Waals surface area (Å²) in [4.78, 5) is 0. The first-order chi connectivity index (χ1) is 8.60. The topological polar surface area (TPSA) is 70.5 Å². The van der Waals surface area contributed by atoms with Gasteiger partial charge in [0.1, 0.15) is 0 Å². The Labute approximate surface area is 105 Å². The Morgan fingerprint density at radius 1 is 1.11 bits per heavy atom. The highest BCUT2D eigenvalue weighted by Gasteiger charge is 2.19. The van der Waals surface area contributed by atoms with Gasteiger partial charge < -0.3 is 19.7 Å². The van der Waals surface area contributed by atoms with Crippen LogP contribution in [0.15, 0.2) is 16.8 Å². The third-order valence-corrected chi connectivity index (χ3v) is 3.04. The van der Waals surface area contributed by atoms with Gasteiger partial charge in [-0.15, -0.1) is 0 Å². The van der Waals surface area contributed by atoms with Gasteiger partial charge >= 0.3 is 0 Å². The van der Waals surface area contributed by atoms with Crippen LogP contribution in [0.3, 0.4) is 0 Å². The van der Waals surface area contributed by atoms with E-state index in [1.165, 1.54) is 0 Å². The van der Waals surface area contributed by atoms with Gasteiger partial charge in [0.05, 0.1) is 26.0 Å². The number of hydrogen-bond donors (Lipinski definition) is 1. The van der Waals surface area contributed by atoms with Crippen molar-refractivity contribution >= 4 is 5.88 Å². The lowest BCUT2D eigenvalue weighted by molar-refractivity contribution is 0.354. The van der Waals surface area contributed by atoms with Crippen molar-refractivity contribution in [1.82, 2.24) is 5.16 Å². The van der Waals surface area contributed by atoms with E-state index in [1.54, 1.807) is 20.4 Å². The van der Waals surface area contributed by atoms with E-state index >= 15 is 0 Å². The predicted octanol–water partition coefficient (Wildman–Crippen LogP) is 2.56. The largest absolute Gasteiger partial charge is 0.493 e. The van der Waals surface area contributed by atoms with Gasteiger partial charge in [0.25, 0.3) is 0 Å². The van der Waals surface area contributed by atoms with Gasteiger partial charge in [-0.3, -0.25) is 0 Å². The van der Waals surface area contributed by atoms with Crippen molar-refractivity contribution in [2.45, 2.75) is 13.8 Å². The van der Waals surface area contributed by atoms with Gasteiger partial charge in [-0.05, 0) is 31.0 Å². The zero-order valence-corrected chi connectivity index (χ0v) is 10.9. The number of nitrogen functional groups attached to an aromatic ring is 1. The maximum absolute atomic E-state index is 5.75. The van der Waals surface area contributed by atoms with Crippen molar-refractivity contribution in [1.29, 1.82) is 0 Å². The lowest BCUT2D eigenvalue weighted by atomic mass is 9.99. The van der Waals surface area contributed by atoms with Gasteiger partial charge in [0, 0.05) is 5.56 Å². The van der Waals surface area contributed by atoms with Crippen LogP contribution in [0, 0.1) is 13.8 Å². The minimum absolute atomic E-state index is 0.263. The summed E-state index contributed by atoms with van der Waals surface area (Å²) in [7, 11) is 3.21. The third-order valence-electron chi connectivity index (χ3n) is 3.04. The highest BCUT2D eigenvalue weighted by Crippen LogP contribution is 2.43. The first-order valence-electron chi connectivity index (χ1n) is 5.52. The fourth-order valence-electron chi connectivity index (χ4n) is 1.96. The van der Waals surface area contributed by atoms with Crippen LogP contribution in [0.4, 0.5) is 5.88 Å². The Hall–Kier alpha value is -2.17. The summed E-state index contributed by atoms with van der Waals surface area (Å²) in [6.07, 6.45) is 1.57. The van der Waals surface area contributed by atoms with Gasteiger partial charge in [0.15, 0.2) is 11.5 Å². The van der Waals surface area contributed by atoms with Crippen LogP contribution in [-0.2, 0) is 0 Å². The molecule has 1 aromatic carbocycles. The Kier molecular flexibility index (Phi) is 3.14. The van der Waals surface area contributed by atoms with E-state index in [2.05, 4.69) is 5.16 Å². The zero-order chi connectivity index (χ0) is 13.3. The van der Waals surface area contributed by atoms with Gasteiger partial charge in [-0.1, -0.05) is 5.16 Å². The van der Waals surface area contributed by atoms with Crippen LogP contribution < -0.4 is 15.2 Å². The van der Waals surface area contributed by atoms with E-state index in [1.807, 2.05) is 19.9 Å². The van der Waals surface area contributed by atoms with Crippen molar-refractivity contribution in [2.24, 2.45) is 0 Å². The maximum Gasteiger partial charge on any atom is 0.230 e. The molecule has 2 aromatic rings. The molecule has 2 rings (SSSR count). The van der Waals surface area contributed by atoms with Crippen molar-refractivity contribution in [3.05, 3.63) is 23.4 Å². The van der Waals surface area contributed by atoms with Crippen LogP contribution in [0.1, 0.15) is 11.1 Å². The van der Waals surface area contributed by atoms with E-state index in [-0.39, 0.29) is 5.88 Å². The number of hydrogen-bond acceptors (Lipinski definition) is 5. The third kappa shape index (κ3) is 1.77. The number of anilines is 1. The normalized spacial score (nSPS) is 10.4. The molecule has 0 unspecified atom stereocenters. The summed E-state index contributed by atoms with van der Waals surface area (Å²) in [6, 6.07) is 1.99. The molecule has 2 N–H and O–H groups in total. The maximum atomic E-state index is 5.75. The average Bonchev–Trinajstić information content (AvgIpc) is 2.78. The Morgan fingerprint density at radius 2 is 1.78 bits per heavy atom. The minimum Gasteiger partial charge on any atom is -0.493 e. The van der Waals surface area contributed by atoms with E-state index in [0.717, 1.165) is 16.7 Å². The van der Waals surface area contributed by atoms with Crippen LogP contribution in [0.25, 0.3) is 11.1 Å². The van der Waals surface area contributed by atoms with Crippen LogP contribution >= 0.6 is 0 Å². The molecule has 0 bridgehead atoms. The number of aromatic nitrogens is 1. The number of aryl methyl sites for hydroxylation is 1. The number of benzene rings is 1. The summed E-state index contributed by atoms with van der Waals surface area (Å²) in [5.74, 6) is 1.60. The molecule has 5 nitrogen and oxygen atoms in total. The fraction of sp³-hybridized carbons (Fsp3) is 0.308. The quantitative estimate of drug-likeness (QED) is 0.903. The smallest absolute Gasteiger partial charge is 0.230 e. The Bertz CT molecular complexity index is 576. The van der Waals surface area contributed by atoms with Crippen molar-refractivity contribution < 1.29 is 14.0 Å². The lowest BCUT2D eigenvalue weighted by Crippen LogP contribution is -1.98. The molecule has 18 heavy (non-hydrogen) atoms. The Morgan fingerprint density at radius 3 is 2.28 bits per heavy atom. The molecule has 0 saturated heterocycles. The molecule has 0 aliphatic heterocycles. The van der Waals surface area contributed by atoms with E-state index in [0.29, 0.717) is 17.1 Å². The molecule has 1 aromatic heterocycles. The number of ether oxygens (including phenoxy) is 2. The summed E-state index contributed by atoms with van der Waals surface area (Å²) in [5.41, 5.74) is 9.39. The molecule has 1 heterocycles. The molecule has 0 fully saturated rings. The molecular formula is C13H16N2O3. The second kappa shape index (κ2) is 4.60. The summed E-state index contributed by atoms with van der Waals surface area (Å²) >= 11 is 0. The van der Waals surface area contributed by atoms with Gasteiger partial charge in [-0.25, -0.2) is 0 Å². The zero-order valence-electron chi connectivity index (χ0n) is 10.9. The van der Waals surface area contributed by atoms with Gasteiger partial charge in [-0.2, -0.15) is 0 Å². The molecule has 5 heteroatoms. The molecular weight excluding hydrogens is 232 g/mol. The minimum atomic E-state index is 0.263. The average molecular weight is 248 g/mol. The first kappa shape index (κ1) is 12.3. The molecule has 0 spiro atoms. The van der Waals surface area contributed by atoms with E-state index in [9.17, 15) is 0 Å². The predicted molar refractivity (Wildman–Crippen MR) is 68.9 cm³/mol. The molecule has 0 amide bonds. The van der Waals surface area contributed by atoms with Gasteiger partial charge in [0.2, 0.25) is 5.88 Å². The molecule has 0 atom stereocenters. The molecule has 0 saturated carbocycles. The molecule has 96 valence electrons. The van der Waals surface area contributed by atoms with Crippen molar-refractivity contribution in [3.8, 4) is 22.6 Å². The summed E-state index contributed by atoms with van der Waals surface area (Å²) in [5, 5.41) is 3.68. The van der Waals surface area contributed by atoms with Crippen LogP contribution in [0.5, 0.6) is 11.5 Å². The molecule has 0 radical (unpaired) electrons. The van der Waals surface area contributed by atoms with E-state index < -0.39 is 0 Å². The first-order valence-corrected chi connectivity index (χ1v) is 5.52. The number of nitrogens with two attached hydrogens (primary N) is 1. The SMILES string of the molecule is COc1c(-c2cnoc2N)cc(C)c(C)c1OC. The number of rotatable bonds is 3. The Balaban J connectivity index is 2.75. The summed E-state index contributed by atoms with van der Waals surface area (Å²) in [6.45, 7) is 3.99. The van der Waals surface area contributed by atoms with Crippen LogP contribution in [0.2, 0.25) is 0 Å². The second-order valence-corrected chi connectivity index (χ2v) is 4.04. The van der Waals surface area contributed by atoms with Crippen molar-refractivity contribution in [3.63, 3.8) is 0 Å². The lowest BCUT2D eigenvalue weighted by Gasteiger charge is -2.16. The fourth-order valence-corrected chi connectivity index (χ4v) is 1.96.